The summed E-state index contributed by atoms with van der Waals surface area (Å²) in [6.45, 7) is 7.88. The third-order valence-corrected chi connectivity index (χ3v) is 4.00. The molecule has 1 aromatic heterocycles. The molecule has 7 nitrogen and oxygen atoms in total. The fourth-order valence-electron chi connectivity index (χ4n) is 2.84. The van der Waals surface area contributed by atoms with Gasteiger partial charge in [-0.05, 0) is 46.6 Å². The molecule has 1 saturated heterocycles. The second kappa shape index (κ2) is 7.07. The molecule has 0 bridgehead atoms. The third kappa shape index (κ3) is 4.59. The predicted molar refractivity (Wildman–Crippen MR) is 89.2 cm³/mol. The maximum absolute atomic E-state index is 12.5. The van der Waals surface area contributed by atoms with Gasteiger partial charge in [0.2, 0.25) is 12.1 Å². The molecule has 1 aliphatic heterocycles. The van der Waals surface area contributed by atoms with Crippen LogP contribution in [0.2, 0.25) is 0 Å². The molecule has 2 amide bonds. The van der Waals surface area contributed by atoms with Gasteiger partial charge in [0.1, 0.15) is 11.3 Å². The van der Waals surface area contributed by atoms with Gasteiger partial charge in [0.15, 0.2) is 6.20 Å². The highest BCUT2D eigenvalue weighted by Crippen LogP contribution is 2.26. The van der Waals surface area contributed by atoms with Crippen molar-refractivity contribution in [3.63, 3.8) is 0 Å². The van der Waals surface area contributed by atoms with Crippen LogP contribution < -0.4 is 10.0 Å². The highest BCUT2D eigenvalue weighted by atomic mass is 16.6. The van der Waals surface area contributed by atoms with Crippen molar-refractivity contribution < 1.29 is 19.1 Å². The van der Waals surface area contributed by atoms with Gasteiger partial charge >= 0.3 is 6.09 Å². The summed E-state index contributed by atoms with van der Waals surface area (Å²) in [4.78, 5) is 26.5. The van der Waals surface area contributed by atoms with Crippen LogP contribution in [-0.4, -0.2) is 35.1 Å². The van der Waals surface area contributed by atoms with E-state index in [1.54, 1.807) is 17.0 Å². The second-order valence-electron chi connectivity index (χ2n) is 7.10. The molecule has 1 N–H and O–H groups in total. The van der Waals surface area contributed by atoms with Gasteiger partial charge in [0.05, 0.1) is 5.92 Å². The largest absolute Gasteiger partial charge is 0.619 e. The van der Waals surface area contributed by atoms with E-state index in [4.69, 9.17) is 4.74 Å². The summed E-state index contributed by atoms with van der Waals surface area (Å²) in [7, 11) is 0. The van der Waals surface area contributed by atoms with E-state index in [0.717, 1.165) is 6.42 Å². The zero-order valence-electron chi connectivity index (χ0n) is 14.6. The van der Waals surface area contributed by atoms with Gasteiger partial charge in [-0.2, -0.15) is 4.73 Å². The van der Waals surface area contributed by atoms with E-state index in [9.17, 15) is 14.8 Å². The molecule has 132 valence electrons. The van der Waals surface area contributed by atoms with Crippen LogP contribution in [0.1, 0.15) is 40.5 Å². The second-order valence-corrected chi connectivity index (χ2v) is 7.10. The summed E-state index contributed by atoms with van der Waals surface area (Å²) in [5, 5.41) is 14.0. The minimum Gasteiger partial charge on any atom is -0.619 e. The van der Waals surface area contributed by atoms with Crippen molar-refractivity contribution in [2.24, 2.45) is 5.92 Å². The SMILES string of the molecule is C[C@@H]1[C@H](C(=O)Nc2ccc[n+]([O-])c2)CCCN1C(=O)OC(C)(C)C. The normalized spacial score (nSPS) is 21.2. The summed E-state index contributed by atoms with van der Waals surface area (Å²) in [6, 6.07) is 2.96. The van der Waals surface area contributed by atoms with Gasteiger partial charge in [-0.25, -0.2) is 4.79 Å². The minimum absolute atomic E-state index is 0.193. The number of pyridine rings is 1. The molecule has 7 heteroatoms. The molecular weight excluding hydrogens is 310 g/mol. The fourth-order valence-corrected chi connectivity index (χ4v) is 2.84. The van der Waals surface area contributed by atoms with Crippen molar-refractivity contribution in [1.29, 1.82) is 0 Å². The van der Waals surface area contributed by atoms with Crippen LogP contribution in [0.5, 0.6) is 0 Å². The molecule has 0 unspecified atom stereocenters. The van der Waals surface area contributed by atoms with E-state index in [2.05, 4.69) is 5.32 Å². The molecule has 1 fully saturated rings. The molecule has 2 atom stereocenters. The zero-order chi connectivity index (χ0) is 17.9. The van der Waals surface area contributed by atoms with Gasteiger partial charge in [0, 0.05) is 18.7 Å². The fraction of sp³-hybridized carbons (Fsp3) is 0.588. The highest BCUT2D eigenvalue weighted by molar-refractivity contribution is 5.93. The topological polar surface area (TPSA) is 85.6 Å². The summed E-state index contributed by atoms with van der Waals surface area (Å²) in [5.74, 6) is -0.534. The van der Waals surface area contributed by atoms with Gasteiger partial charge < -0.3 is 20.2 Å². The van der Waals surface area contributed by atoms with E-state index in [1.165, 1.54) is 12.4 Å². The Balaban J connectivity index is 2.04. The number of amides is 2. The monoisotopic (exact) mass is 335 g/mol. The van der Waals surface area contributed by atoms with Crippen LogP contribution in [0.15, 0.2) is 24.5 Å². The van der Waals surface area contributed by atoms with Gasteiger partial charge in [-0.15, -0.1) is 0 Å². The number of ether oxygens (including phenoxy) is 1. The van der Waals surface area contributed by atoms with Crippen molar-refractivity contribution >= 4 is 17.7 Å². The number of anilines is 1. The van der Waals surface area contributed by atoms with Crippen molar-refractivity contribution in [1.82, 2.24) is 4.90 Å². The number of hydrogen-bond acceptors (Lipinski definition) is 4. The first-order chi connectivity index (χ1) is 11.2. The molecule has 24 heavy (non-hydrogen) atoms. The number of rotatable bonds is 2. The number of likely N-dealkylation sites (tertiary alicyclic amines) is 1. The minimum atomic E-state index is -0.572. The van der Waals surface area contributed by atoms with Crippen LogP contribution in [0.4, 0.5) is 10.5 Å². The first-order valence-electron chi connectivity index (χ1n) is 8.17. The Bertz CT molecular complexity index is 612. The van der Waals surface area contributed by atoms with Crippen molar-refractivity contribution in [3.8, 4) is 0 Å². The molecule has 0 saturated carbocycles. The lowest BCUT2D eigenvalue weighted by atomic mass is 9.89. The van der Waals surface area contributed by atoms with Crippen molar-refractivity contribution in [2.45, 2.75) is 52.2 Å². The lowest BCUT2D eigenvalue weighted by molar-refractivity contribution is -0.604. The Morgan fingerprint density at radius 2 is 2.12 bits per heavy atom. The van der Waals surface area contributed by atoms with Crippen LogP contribution >= 0.6 is 0 Å². The molecule has 0 radical (unpaired) electrons. The maximum Gasteiger partial charge on any atom is 0.410 e. The van der Waals surface area contributed by atoms with Crippen molar-refractivity contribution in [3.05, 3.63) is 29.7 Å². The smallest absolute Gasteiger partial charge is 0.410 e. The number of carbonyl (C=O) groups excluding carboxylic acids is 2. The predicted octanol–water partition coefficient (Wildman–Crippen LogP) is 2.29. The molecule has 2 heterocycles. The average molecular weight is 335 g/mol. The standard InChI is InChI=1S/C17H25N3O4/c1-12-14(15(21)18-13-7-5-9-19(23)11-13)8-6-10-20(12)16(22)24-17(2,3)4/h5,7,9,11-12,14H,6,8,10H2,1-4H3,(H,18,21)/t12-,14-/m1/s1. The van der Waals surface area contributed by atoms with Gasteiger partial charge in [-0.1, -0.05) is 0 Å². The number of hydrogen-bond donors (Lipinski definition) is 1. The Hall–Kier alpha value is -2.31. The summed E-state index contributed by atoms with van der Waals surface area (Å²) in [6.07, 6.45) is 3.68. The lowest BCUT2D eigenvalue weighted by Crippen LogP contribution is -2.51. The number of piperidine rings is 1. The average Bonchev–Trinajstić information content (AvgIpc) is 2.45. The number of nitrogens with one attached hydrogen (secondary N) is 1. The molecular formula is C17H25N3O4. The number of nitrogens with zero attached hydrogens (tertiary/aromatic N) is 2. The first-order valence-corrected chi connectivity index (χ1v) is 8.17. The summed E-state index contributed by atoms with van der Waals surface area (Å²) >= 11 is 0. The highest BCUT2D eigenvalue weighted by Gasteiger charge is 2.37. The quantitative estimate of drug-likeness (QED) is 0.664. The summed E-state index contributed by atoms with van der Waals surface area (Å²) < 4.78 is 6.05. The Labute approximate surface area is 142 Å². The molecule has 1 aliphatic rings. The van der Waals surface area contributed by atoms with E-state index < -0.39 is 11.7 Å². The zero-order valence-corrected chi connectivity index (χ0v) is 14.6. The van der Waals surface area contributed by atoms with E-state index in [0.29, 0.717) is 23.4 Å². The molecule has 2 rings (SSSR count). The third-order valence-electron chi connectivity index (χ3n) is 4.00. The van der Waals surface area contributed by atoms with Crippen LogP contribution in [0.25, 0.3) is 0 Å². The van der Waals surface area contributed by atoms with E-state index in [-0.39, 0.29) is 17.9 Å². The maximum atomic E-state index is 12.5. The van der Waals surface area contributed by atoms with E-state index >= 15 is 0 Å². The Morgan fingerprint density at radius 1 is 1.42 bits per heavy atom. The number of aromatic nitrogens is 1. The van der Waals surface area contributed by atoms with Crippen LogP contribution in [-0.2, 0) is 9.53 Å². The van der Waals surface area contributed by atoms with E-state index in [1.807, 2.05) is 27.7 Å². The van der Waals surface area contributed by atoms with Gasteiger partial charge in [0.25, 0.3) is 0 Å². The first kappa shape index (κ1) is 18.0. The molecule has 0 aliphatic carbocycles. The lowest BCUT2D eigenvalue weighted by Gasteiger charge is -2.39. The molecule has 0 spiro atoms. The Kier molecular flexibility index (Phi) is 5.31. The van der Waals surface area contributed by atoms with Crippen LogP contribution in [0.3, 0.4) is 0 Å². The number of carbonyl (C=O) groups is 2. The van der Waals surface area contributed by atoms with Crippen LogP contribution in [0, 0.1) is 11.1 Å². The van der Waals surface area contributed by atoms with Crippen molar-refractivity contribution in [2.75, 3.05) is 11.9 Å². The molecule has 1 aromatic rings. The summed E-state index contributed by atoms with van der Waals surface area (Å²) in [5.41, 5.74) is -0.128. The molecule has 0 aromatic carbocycles. The van der Waals surface area contributed by atoms with Gasteiger partial charge in [-0.3, -0.25) is 4.79 Å². The Morgan fingerprint density at radius 3 is 2.75 bits per heavy atom.